The molecule has 0 unspecified atom stereocenters. The van der Waals surface area contributed by atoms with Crippen LogP contribution >= 0.6 is 23.1 Å². The van der Waals surface area contributed by atoms with Crippen LogP contribution in [0.3, 0.4) is 0 Å². The molecule has 3 aromatic heterocycles. The summed E-state index contributed by atoms with van der Waals surface area (Å²) in [6.45, 7) is 7.75. The number of thiophene rings is 1. The SMILES string of the molecule is CC(C)c1noc([C@H](C)Sc2nnc(-c3cccs3)n2C[C@H]2CCCO2)n1. The summed E-state index contributed by atoms with van der Waals surface area (Å²) >= 11 is 3.26. The van der Waals surface area contributed by atoms with Crippen molar-refractivity contribution in [3.8, 4) is 10.7 Å². The van der Waals surface area contributed by atoms with E-state index in [2.05, 4.69) is 57.1 Å². The minimum Gasteiger partial charge on any atom is -0.376 e. The minimum absolute atomic E-state index is 0.00590. The number of aromatic nitrogens is 5. The van der Waals surface area contributed by atoms with Crippen molar-refractivity contribution in [2.75, 3.05) is 6.61 Å². The Bertz CT molecular complexity index is 868. The third-order valence-electron chi connectivity index (χ3n) is 4.47. The number of rotatable bonds is 7. The maximum absolute atomic E-state index is 5.85. The molecule has 0 aromatic carbocycles. The van der Waals surface area contributed by atoms with Gasteiger partial charge >= 0.3 is 0 Å². The highest BCUT2D eigenvalue weighted by Gasteiger charge is 2.25. The lowest BCUT2D eigenvalue weighted by Gasteiger charge is -2.15. The fourth-order valence-electron chi connectivity index (χ4n) is 2.98. The molecular weight excluding hydrogens is 382 g/mol. The molecular formula is C18H23N5O2S2. The highest BCUT2D eigenvalue weighted by Crippen LogP contribution is 2.36. The van der Waals surface area contributed by atoms with E-state index in [1.807, 2.05) is 6.07 Å². The molecule has 0 bridgehead atoms. The van der Waals surface area contributed by atoms with Gasteiger partial charge in [-0.2, -0.15) is 4.98 Å². The number of hydrogen-bond acceptors (Lipinski definition) is 8. The first-order valence-corrected chi connectivity index (χ1v) is 11.0. The quantitative estimate of drug-likeness (QED) is 0.534. The molecule has 1 aliphatic heterocycles. The summed E-state index contributed by atoms with van der Waals surface area (Å²) in [6.07, 6.45) is 2.40. The van der Waals surface area contributed by atoms with Crippen LogP contribution in [-0.4, -0.2) is 37.6 Å². The van der Waals surface area contributed by atoms with E-state index in [-0.39, 0.29) is 17.3 Å². The normalized spacial score (nSPS) is 18.4. The monoisotopic (exact) mass is 405 g/mol. The van der Waals surface area contributed by atoms with E-state index < -0.39 is 0 Å². The first-order chi connectivity index (χ1) is 13.1. The Hall–Kier alpha value is -1.71. The van der Waals surface area contributed by atoms with Gasteiger partial charge < -0.3 is 9.26 Å². The van der Waals surface area contributed by atoms with Crippen molar-refractivity contribution in [2.24, 2.45) is 0 Å². The molecule has 1 fully saturated rings. The Balaban J connectivity index is 1.59. The van der Waals surface area contributed by atoms with E-state index in [0.717, 1.165) is 47.7 Å². The molecule has 7 nitrogen and oxygen atoms in total. The van der Waals surface area contributed by atoms with Crippen molar-refractivity contribution < 1.29 is 9.26 Å². The van der Waals surface area contributed by atoms with Crippen LogP contribution in [0.15, 0.2) is 27.2 Å². The predicted molar refractivity (Wildman–Crippen MR) is 105 cm³/mol. The van der Waals surface area contributed by atoms with E-state index in [1.165, 1.54) is 0 Å². The fraction of sp³-hybridized carbons (Fsp3) is 0.556. The maximum atomic E-state index is 5.85. The van der Waals surface area contributed by atoms with E-state index in [1.54, 1.807) is 23.1 Å². The second-order valence-electron chi connectivity index (χ2n) is 6.93. The van der Waals surface area contributed by atoms with Gasteiger partial charge in [0.05, 0.1) is 22.8 Å². The Morgan fingerprint density at radius 3 is 2.89 bits per heavy atom. The van der Waals surface area contributed by atoms with Gasteiger partial charge in [-0.25, -0.2) is 0 Å². The molecule has 0 amide bonds. The largest absolute Gasteiger partial charge is 0.376 e. The highest BCUT2D eigenvalue weighted by atomic mass is 32.2. The first kappa shape index (κ1) is 18.6. The molecule has 3 aromatic rings. The van der Waals surface area contributed by atoms with Crippen LogP contribution in [0, 0.1) is 0 Å². The number of hydrogen-bond donors (Lipinski definition) is 0. The molecule has 1 aliphatic rings. The zero-order chi connectivity index (χ0) is 18.8. The third-order valence-corrected chi connectivity index (χ3v) is 6.41. The lowest BCUT2D eigenvalue weighted by Crippen LogP contribution is -2.16. The van der Waals surface area contributed by atoms with Gasteiger partial charge in [0.1, 0.15) is 0 Å². The van der Waals surface area contributed by atoms with Crippen molar-refractivity contribution >= 4 is 23.1 Å². The van der Waals surface area contributed by atoms with Crippen LogP contribution < -0.4 is 0 Å². The Labute approximate surface area is 166 Å². The maximum Gasteiger partial charge on any atom is 0.239 e. The fourth-order valence-corrected chi connectivity index (χ4v) is 4.58. The minimum atomic E-state index is -0.00590. The summed E-state index contributed by atoms with van der Waals surface area (Å²) in [4.78, 5) is 5.63. The molecule has 27 heavy (non-hydrogen) atoms. The standard InChI is InChI=1S/C18H23N5O2S2/c1-11(2)15-19-17(25-22-15)12(3)27-18-21-20-16(14-7-5-9-26-14)23(18)10-13-6-4-8-24-13/h5,7,9,11-13H,4,6,8,10H2,1-3H3/t12-,13+/m0/s1. The van der Waals surface area contributed by atoms with E-state index in [4.69, 9.17) is 9.26 Å². The smallest absolute Gasteiger partial charge is 0.239 e. The second-order valence-corrected chi connectivity index (χ2v) is 9.19. The average Bonchev–Trinajstić information content (AvgIpc) is 3.44. The van der Waals surface area contributed by atoms with Crippen LogP contribution in [0.4, 0.5) is 0 Å². The van der Waals surface area contributed by atoms with Crippen molar-refractivity contribution in [1.29, 1.82) is 0 Å². The molecule has 9 heteroatoms. The molecule has 0 aliphatic carbocycles. The highest BCUT2D eigenvalue weighted by molar-refractivity contribution is 7.99. The van der Waals surface area contributed by atoms with Gasteiger partial charge in [0.2, 0.25) is 5.89 Å². The summed E-state index contributed by atoms with van der Waals surface area (Å²) in [5, 5.41) is 15.9. The van der Waals surface area contributed by atoms with Crippen molar-refractivity contribution in [1.82, 2.24) is 24.9 Å². The van der Waals surface area contributed by atoms with Crippen LogP contribution in [0.1, 0.15) is 56.5 Å². The van der Waals surface area contributed by atoms with Crippen molar-refractivity contribution in [2.45, 2.75) is 62.6 Å². The lowest BCUT2D eigenvalue weighted by atomic mass is 10.2. The zero-order valence-electron chi connectivity index (χ0n) is 15.7. The molecule has 2 atom stereocenters. The van der Waals surface area contributed by atoms with Gasteiger partial charge in [-0.1, -0.05) is 36.8 Å². The summed E-state index contributed by atoms with van der Waals surface area (Å²) in [5.41, 5.74) is 0. The summed E-state index contributed by atoms with van der Waals surface area (Å²) in [7, 11) is 0. The van der Waals surface area contributed by atoms with Crippen LogP contribution in [0.2, 0.25) is 0 Å². The molecule has 0 spiro atoms. The summed E-state index contributed by atoms with van der Waals surface area (Å²) < 4.78 is 13.5. The van der Waals surface area contributed by atoms with E-state index in [0.29, 0.717) is 5.89 Å². The van der Waals surface area contributed by atoms with Gasteiger partial charge in [0.25, 0.3) is 0 Å². The van der Waals surface area contributed by atoms with Crippen LogP contribution in [0.5, 0.6) is 0 Å². The van der Waals surface area contributed by atoms with Crippen molar-refractivity contribution in [3.63, 3.8) is 0 Å². The average molecular weight is 406 g/mol. The van der Waals surface area contributed by atoms with Crippen LogP contribution in [0.25, 0.3) is 10.7 Å². The van der Waals surface area contributed by atoms with Crippen molar-refractivity contribution in [3.05, 3.63) is 29.2 Å². The van der Waals surface area contributed by atoms with E-state index in [9.17, 15) is 0 Å². The molecule has 1 saturated heterocycles. The number of nitrogens with zero attached hydrogens (tertiary/aromatic N) is 5. The Kier molecular flexibility index (Phi) is 5.60. The lowest BCUT2D eigenvalue weighted by molar-refractivity contribution is 0.0953. The third kappa shape index (κ3) is 4.09. The van der Waals surface area contributed by atoms with Gasteiger partial charge in [-0.05, 0) is 31.2 Å². The van der Waals surface area contributed by atoms with Gasteiger partial charge in [0, 0.05) is 12.5 Å². The summed E-state index contributed by atoms with van der Waals surface area (Å²) in [6, 6.07) is 4.11. The summed E-state index contributed by atoms with van der Waals surface area (Å²) in [5.74, 6) is 2.49. The number of thioether (sulfide) groups is 1. The second kappa shape index (κ2) is 8.12. The molecule has 144 valence electrons. The van der Waals surface area contributed by atoms with Gasteiger partial charge in [0.15, 0.2) is 16.8 Å². The topological polar surface area (TPSA) is 78.9 Å². The molecule has 0 N–H and O–H groups in total. The molecule has 4 rings (SSSR count). The Morgan fingerprint density at radius 1 is 1.33 bits per heavy atom. The molecule has 0 saturated carbocycles. The zero-order valence-corrected chi connectivity index (χ0v) is 17.3. The first-order valence-electron chi connectivity index (χ1n) is 9.20. The van der Waals surface area contributed by atoms with E-state index >= 15 is 0 Å². The molecule has 4 heterocycles. The van der Waals surface area contributed by atoms with Crippen LogP contribution in [-0.2, 0) is 11.3 Å². The van der Waals surface area contributed by atoms with Gasteiger partial charge in [-0.15, -0.1) is 21.5 Å². The Morgan fingerprint density at radius 2 is 2.22 bits per heavy atom. The van der Waals surface area contributed by atoms with Gasteiger partial charge in [-0.3, -0.25) is 4.57 Å². The number of ether oxygens (including phenoxy) is 1. The predicted octanol–water partition coefficient (Wildman–Crippen LogP) is 4.55. The molecule has 0 radical (unpaired) electrons.